The first kappa shape index (κ1) is 17.8. The smallest absolute Gasteiger partial charge is 0.303 e. The third-order valence-corrected chi connectivity index (χ3v) is 6.12. The van der Waals surface area contributed by atoms with Crippen molar-refractivity contribution < 1.29 is 14.3 Å². The molecule has 1 unspecified atom stereocenters. The van der Waals surface area contributed by atoms with Crippen LogP contribution >= 0.6 is 55.1 Å². The highest BCUT2D eigenvalue weighted by Crippen LogP contribution is 2.45. The largest absolute Gasteiger partial charge is 0.459 e. The Morgan fingerprint density at radius 3 is 2.68 bits per heavy atom. The second-order valence-corrected chi connectivity index (χ2v) is 7.86. The molecule has 1 heterocycles. The Morgan fingerprint density at radius 1 is 1.68 bits per heavy atom. The Balaban J connectivity index is 3.04. The van der Waals surface area contributed by atoms with Crippen molar-refractivity contribution in [1.29, 1.82) is 0 Å². The highest BCUT2D eigenvalue weighted by atomic mass is 79.9. The zero-order chi connectivity index (χ0) is 14.8. The molecule has 0 radical (unpaired) electrons. The highest BCUT2D eigenvalue weighted by molar-refractivity contribution is 9.11. The molecular weight excluding hydrogens is 423 g/mol. The lowest BCUT2D eigenvalue weighted by Crippen LogP contribution is -2.40. The molecule has 0 aromatic rings. The summed E-state index contributed by atoms with van der Waals surface area (Å²) in [5, 5.41) is 0.444. The molecule has 1 aliphatic rings. The summed E-state index contributed by atoms with van der Waals surface area (Å²) in [6, 6.07) is 0. The number of hydrogen-bond donors (Lipinski definition) is 0. The fraction of sp³-hybridized carbons (Fsp3) is 0.750. The predicted octanol–water partition coefficient (Wildman–Crippen LogP) is 4.33. The van der Waals surface area contributed by atoms with Gasteiger partial charge in [0.25, 0.3) is 0 Å². The average molecular weight is 439 g/mol. The molecule has 3 nitrogen and oxygen atoms in total. The van der Waals surface area contributed by atoms with E-state index in [1.54, 1.807) is 11.9 Å². The Labute approximate surface area is 140 Å². The van der Waals surface area contributed by atoms with E-state index in [9.17, 15) is 4.79 Å². The van der Waals surface area contributed by atoms with Gasteiger partial charge >= 0.3 is 5.97 Å². The molecule has 0 bridgehead atoms. The number of alkyl halides is 2. The number of ether oxygens (including phenoxy) is 2. The normalized spacial score (nSPS) is 35.0. The summed E-state index contributed by atoms with van der Waals surface area (Å²) in [7, 11) is 0. The van der Waals surface area contributed by atoms with Gasteiger partial charge < -0.3 is 9.47 Å². The fourth-order valence-electron chi connectivity index (χ4n) is 1.97. The molecule has 0 aliphatic carbocycles. The average Bonchev–Trinajstić information content (AvgIpc) is 2.67. The van der Waals surface area contributed by atoms with Crippen LogP contribution in [0.15, 0.2) is 10.0 Å². The molecule has 0 aromatic carbocycles. The van der Waals surface area contributed by atoms with Crippen molar-refractivity contribution in [2.24, 2.45) is 0 Å². The van der Waals surface area contributed by atoms with Crippen LogP contribution < -0.4 is 0 Å². The van der Waals surface area contributed by atoms with Crippen LogP contribution in [-0.4, -0.2) is 34.0 Å². The van der Waals surface area contributed by atoms with Gasteiger partial charge in [-0.3, -0.25) is 4.79 Å². The molecule has 1 aliphatic heterocycles. The van der Waals surface area contributed by atoms with E-state index in [1.807, 2.05) is 6.92 Å². The molecule has 0 saturated carbocycles. The predicted molar refractivity (Wildman–Crippen MR) is 84.4 cm³/mol. The molecule has 1 fully saturated rings. The summed E-state index contributed by atoms with van der Waals surface area (Å²) in [6.45, 7) is 5.11. The quantitative estimate of drug-likeness (QED) is 0.484. The molecule has 0 aromatic heterocycles. The Hall–Kier alpha value is 0.710. The number of hydrogen-bond acceptors (Lipinski definition) is 3. The summed E-state index contributed by atoms with van der Waals surface area (Å²) >= 11 is 18.9. The summed E-state index contributed by atoms with van der Waals surface area (Å²) in [6.07, 6.45) is -0.126. The zero-order valence-corrected chi connectivity index (χ0v) is 15.6. The van der Waals surface area contributed by atoms with Crippen molar-refractivity contribution in [2.75, 3.05) is 5.88 Å². The van der Waals surface area contributed by atoms with Crippen LogP contribution in [0.3, 0.4) is 0 Å². The fourth-order valence-corrected chi connectivity index (χ4v) is 3.05. The number of carbonyl (C=O) groups is 1. The van der Waals surface area contributed by atoms with E-state index in [4.69, 9.17) is 32.7 Å². The Bertz CT molecular complexity index is 387. The van der Waals surface area contributed by atoms with Crippen LogP contribution in [0, 0.1) is 0 Å². The second-order valence-electron chi connectivity index (χ2n) is 4.92. The van der Waals surface area contributed by atoms with Gasteiger partial charge in [-0.15, -0.1) is 11.6 Å². The van der Waals surface area contributed by atoms with Gasteiger partial charge in [0.05, 0.1) is 15.5 Å². The van der Waals surface area contributed by atoms with Crippen molar-refractivity contribution >= 4 is 61.0 Å². The lowest BCUT2D eigenvalue weighted by atomic mass is 9.96. The lowest BCUT2D eigenvalue weighted by Gasteiger charge is -2.31. The number of rotatable bonds is 4. The van der Waals surface area contributed by atoms with E-state index in [1.165, 1.54) is 6.92 Å². The van der Waals surface area contributed by atoms with Gasteiger partial charge in [0, 0.05) is 19.2 Å². The van der Waals surface area contributed by atoms with Gasteiger partial charge in [-0.05, 0) is 18.8 Å². The van der Waals surface area contributed by atoms with Gasteiger partial charge in [-0.1, -0.05) is 43.5 Å². The molecule has 0 amide bonds. The maximum Gasteiger partial charge on any atom is 0.303 e. The van der Waals surface area contributed by atoms with Crippen LogP contribution in [0.4, 0.5) is 0 Å². The van der Waals surface area contributed by atoms with E-state index in [0.29, 0.717) is 17.3 Å². The van der Waals surface area contributed by atoms with Crippen LogP contribution in [0.25, 0.3) is 0 Å². The van der Waals surface area contributed by atoms with Crippen LogP contribution in [0.5, 0.6) is 0 Å². The monoisotopic (exact) mass is 436 g/mol. The summed E-state index contributed by atoms with van der Waals surface area (Å²) in [4.78, 5) is 12.8. The minimum Gasteiger partial charge on any atom is -0.459 e. The molecule has 4 atom stereocenters. The van der Waals surface area contributed by atoms with Crippen molar-refractivity contribution in [1.82, 2.24) is 0 Å². The minimum atomic E-state index is -0.873. The number of esters is 1. The van der Waals surface area contributed by atoms with E-state index >= 15 is 0 Å². The van der Waals surface area contributed by atoms with Crippen LogP contribution in [-0.2, 0) is 14.3 Å². The minimum absolute atomic E-state index is 0.208. The van der Waals surface area contributed by atoms with E-state index in [2.05, 4.69) is 31.9 Å². The van der Waals surface area contributed by atoms with E-state index in [0.717, 1.165) is 0 Å². The number of halogens is 4. The molecule has 1 saturated heterocycles. The van der Waals surface area contributed by atoms with Crippen molar-refractivity contribution in [3.63, 3.8) is 0 Å². The third kappa shape index (κ3) is 3.88. The van der Waals surface area contributed by atoms with Gasteiger partial charge in [0.2, 0.25) is 0 Å². The SMILES string of the molecule is CC(=O)O[C@H]1C[C@H](C(C)(Br)CCl)O[C@]1(C)/C(Cl)=C/Br. The van der Waals surface area contributed by atoms with Crippen molar-refractivity contribution in [3.8, 4) is 0 Å². The number of carbonyl (C=O) groups excluding carboxylic acids is 1. The second kappa shape index (κ2) is 6.65. The Kier molecular flexibility index (Phi) is 6.21. The molecule has 7 heteroatoms. The van der Waals surface area contributed by atoms with Gasteiger partial charge in [-0.25, -0.2) is 0 Å². The first-order chi connectivity index (χ1) is 8.67. The first-order valence-electron chi connectivity index (χ1n) is 5.73. The zero-order valence-electron chi connectivity index (χ0n) is 10.9. The molecule has 110 valence electrons. The van der Waals surface area contributed by atoms with Crippen molar-refractivity contribution in [3.05, 3.63) is 10.0 Å². The van der Waals surface area contributed by atoms with Gasteiger partial charge in [0.15, 0.2) is 0 Å². The van der Waals surface area contributed by atoms with E-state index < -0.39 is 16.0 Å². The van der Waals surface area contributed by atoms with Gasteiger partial charge in [-0.2, -0.15) is 0 Å². The first-order valence-corrected chi connectivity index (χ1v) is 8.35. The van der Waals surface area contributed by atoms with Crippen LogP contribution in [0.2, 0.25) is 0 Å². The third-order valence-electron chi connectivity index (χ3n) is 3.24. The summed E-state index contributed by atoms with van der Waals surface area (Å²) in [5.74, 6) is 0.0116. The van der Waals surface area contributed by atoms with E-state index in [-0.39, 0.29) is 12.1 Å². The summed E-state index contributed by atoms with van der Waals surface area (Å²) in [5.41, 5.74) is -0.873. The molecule has 19 heavy (non-hydrogen) atoms. The topological polar surface area (TPSA) is 35.5 Å². The molecule has 1 rings (SSSR count). The van der Waals surface area contributed by atoms with Crippen LogP contribution in [0.1, 0.15) is 27.2 Å². The highest BCUT2D eigenvalue weighted by Gasteiger charge is 2.53. The maximum absolute atomic E-state index is 11.2. The van der Waals surface area contributed by atoms with Gasteiger partial charge in [0.1, 0.15) is 11.7 Å². The molecular formula is C12H16Br2Cl2O3. The van der Waals surface area contributed by atoms with Crippen molar-refractivity contribution in [2.45, 2.75) is 49.3 Å². The summed E-state index contributed by atoms with van der Waals surface area (Å²) < 4.78 is 11.0. The standard InChI is InChI=1S/C12H16Br2Cl2O3/c1-7(17)18-10-4-9(11(2,14)6-15)19-12(10,3)8(16)5-13/h5,9-10H,4,6H2,1-3H3/b8-5-/t9-,10+,11?,12-/m1/s1. The maximum atomic E-state index is 11.2. The lowest BCUT2D eigenvalue weighted by molar-refractivity contribution is -0.152. The molecule has 0 N–H and O–H groups in total. The molecule has 0 spiro atoms. The Morgan fingerprint density at radius 2 is 2.26 bits per heavy atom.